The van der Waals surface area contributed by atoms with Crippen molar-refractivity contribution in [3.63, 3.8) is 0 Å². The molecule has 1 heterocycles. The Hall–Kier alpha value is -1.97. The van der Waals surface area contributed by atoms with Gasteiger partial charge in [0, 0.05) is 6.07 Å². The van der Waals surface area contributed by atoms with Gasteiger partial charge in [-0.1, -0.05) is 11.2 Å². The third-order valence-electron chi connectivity index (χ3n) is 2.34. The molecule has 0 amide bonds. The minimum absolute atomic E-state index is 0.592. The molecule has 16 heavy (non-hydrogen) atoms. The van der Waals surface area contributed by atoms with Crippen LogP contribution >= 0.6 is 0 Å². The van der Waals surface area contributed by atoms with Crippen molar-refractivity contribution >= 4 is 11.4 Å². The number of benzene rings is 1. The molecule has 2 rings (SSSR count). The lowest BCUT2D eigenvalue weighted by molar-refractivity contribution is 0.384. The molecule has 0 saturated heterocycles. The Bertz CT molecular complexity index is 491. The number of anilines is 2. The first-order valence-electron chi connectivity index (χ1n) is 5.17. The summed E-state index contributed by atoms with van der Waals surface area (Å²) < 4.78 is 5.10. The summed E-state index contributed by atoms with van der Waals surface area (Å²) in [5.74, 6) is 0.804. The lowest BCUT2D eigenvalue weighted by atomic mass is 10.2. The molecule has 1 aromatic heterocycles. The number of rotatable bonds is 3. The van der Waals surface area contributed by atoms with E-state index in [4.69, 9.17) is 10.3 Å². The lowest BCUT2D eigenvalue weighted by Crippen LogP contribution is -2.01. The van der Waals surface area contributed by atoms with Crippen LogP contribution < -0.4 is 11.1 Å². The number of hydrogen-bond donors (Lipinski definition) is 2. The number of nitrogens with zero attached hydrogens (tertiary/aromatic N) is 1. The SMILES string of the molecule is Cc1ccc(N)c(NCc2cc(C)no2)c1. The molecular formula is C12H15N3O. The van der Waals surface area contributed by atoms with Gasteiger partial charge in [-0.05, 0) is 31.5 Å². The van der Waals surface area contributed by atoms with Gasteiger partial charge in [0.15, 0.2) is 5.76 Å². The van der Waals surface area contributed by atoms with Gasteiger partial charge in [-0.25, -0.2) is 0 Å². The van der Waals surface area contributed by atoms with E-state index in [2.05, 4.69) is 10.5 Å². The van der Waals surface area contributed by atoms with Gasteiger partial charge in [0.1, 0.15) is 0 Å². The van der Waals surface area contributed by atoms with Crippen molar-refractivity contribution in [2.75, 3.05) is 11.1 Å². The molecule has 84 valence electrons. The van der Waals surface area contributed by atoms with Gasteiger partial charge in [-0.15, -0.1) is 0 Å². The fourth-order valence-corrected chi connectivity index (χ4v) is 1.51. The van der Waals surface area contributed by atoms with Crippen LogP contribution in [0.25, 0.3) is 0 Å². The molecule has 1 aromatic carbocycles. The summed E-state index contributed by atoms with van der Waals surface area (Å²) in [6.07, 6.45) is 0. The molecule has 0 atom stereocenters. The van der Waals surface area contributed by atoms with E-state index in [1.165, 1.54) is 5.56 Å². The van der Waals surface area contributed by atoms with Crippen molar-refractivity contribution in [1.82, 2.24) is 5.16 Å². The molecule has 0 unspecified atom stereocenters. The Morgan fingerprint density at radius 2 is 2.12 bits per heavy atom. The summed E-state index contributed by atoms with van der Waals surface area (Å²) in [5, 5.41) is 7.05. The topological polar surface area (TPSA) is 64.1 Å². The number of hydrogen-bond acceptors (Lipinski definition) is 4. The predicted octanol–water partition coefficient (Wildman–Crippen LogP) is 2.49. The first-order valence-corrected chi connectivity index (χ1v) is 5.17. The maximum absolute atomic E-state index is 5.85. The van der Waals surface area contributed by atoms with Gasteiger partial charge in [-0.2, -0.15) is 0 Å². The van der Waals surface area contributed by atoms with Crippen LogP contribution in [0, 0.1) is 13.8 Å². The van der Waals surface area contributed by atoms with Gasteiger partial charge < -0.3 is 15.6 Å². The molecule has 4 heteroatoms. The van der Waals surface area contributed by atoms with Gasteiger partial charge in [-0.3, -0.25) is 0 Å². The van der Waals surface area contributed by atoms with E-state index in [-0.39, 0.29) is 0 Å². The van der Waals surface area contributed by atoms with Crippen molar-refractivity contribution in [3.05, 3.63) is 41.3 Å². The van der Waals surface area contributed by atoms with Crippen LogP contribution in [-0.2, 0) is 6.54 Å². The maximum atomic E-state index is 5.85. The van der Waals surface area contributed by atoms with E-state index in [0.717, 1.165) is 22.8 Å². The molecular weight excluding hydrogens is 202 g/mol. The van der Waals surface area contributed by atoms with E-state index in [9.17, 15) is 0 Å². The molecule has 3 N–H and O–H groups in total. The zero-order valence-corrected chi connectivity index (χ0v) is 9.45. The molecule has 0 radical (unpaired) electrons. The molecule has 4 nitrogen and oxygen atoms in total. The summed E-state index contributed by atoms with van der Waals surface area (Å²) in [7, 11) is 0. The molecule has 0 aliphatic carbocycles. The number of aromatic nitrogens is 1. The van der Waals surface area contributed by atoms with Crippen LogP contribution in [0.4, 0.5) is 11.4 Å². The molecule has 0 spiro atoms. The lowest BCUT2D eigenvalue weighted by Gasteiger charge is -2.08. The van der Waals surface area contributed by atoms with Crippen LogP contribution in [0.15, 0.2) is 28.8 Å². The fourth-order valence-electron chi connectivity index (χ4n) is 1.51. The molecule has 2 aromatic rings. The second-order valence-electron chi connectivity index (χ2n) is 3.88. The van der Waals surface area contributed by atoms with Crippen LogP contribution in [0.5, 0.6) is 0 Å². The largest absolute Gasteiger partial charge is 0.397 e. The van der Waals surface area contributed by atoms with E-state index < -0.39 is 0 Å². The minimum atomic E-state index is 0.592. The van der Waals surface area contributed by atoms with Crippen molar-refractivity contribution in [2.45, 2.75) is 20.4 Å². The number of nitrogen functional groups attached to an aromatic ring is 1. The van der Waals surface area contributed by atoms with E-state index >= 15 is 0 Å². The van der Waals surface area contributed by atoms with Crippen molar-refractivity contribution in [3.8, 4) is 0 Å². The molecule has 0 aliphatic rings. The molecule has 0 saturated carbocycles. The summed E-state index contributed by atoms with van der Waals surface area (Å²) in [4.78, 5) is 0. The van der Waals surface area contributed by atoms with E-state index in [1.54, 1.807) is 0 Å². The zero-order chi connectivity index (χ0) is 11.5. The van der Waals surface area contributed by atoms with Gasteiger partial charge in [0.2, 0.25) is 0 Å². The number of nitrogens with one attached hydrogen (secondary N) is 1. The quantitative estimate of drug-likeness (QED) is 0.775. The Balaban J connectivity index is 2.07. The first kappa shape index (κ1) is 10.5. The average Bonchev–Trinajstić information content (AvgIpc) is 2.66. The predicted molar refractivity (Wildman–Crippen MR) is 64.2 cm³/mol. The monoisotopic (exact) mass is 217 g/mol. The zero-order valence-electron chi connectivity index (χ0n) is 9.45. The Morgan fingerprint density at radius 3 is 2.81 bits per heavy atom. The highest BCUT2D eigenvalue weighted by molar-refractivity contribution is 5.66. The third-order valence-corrected chi connectivity index (χ3v) is 2.34. The van der Waals surface area contributed by atoms with Crippen LogP contribution in [0.3, 0.4) is 0 Å². The summed E-state index contributed by atoms with van der Waals surface area (Å²) in [6.45, 7) is 4.52. The molecule has 0 aliphatic heterocycles. The first-order chi connectivity index (χ1) is 7.65. The van der Waals surface area contributed by atoms with Gasteiger partial charge in [0.25, 0.3) is 0 Å². The highest BCUT2D eigenvalue weighted by atomic mass is 16.5. The highest BCUT2D eigenvalue weighted by Crippen LogP contribution is 2.20. The molecule has 0 bridgehead atoms. The van der Waals surface area contributed by atoms with Crippen LogP contribution in [-0.4, -0.2) is 5.16 Å². The highest BCUT2D eigenvalue weighted by Gasteiger charge is 2.02. The maximum Gasteiger partial charge on any atom is 0.156 e. The fraction of sp³-hybridized carbons (Fsp3) is 0.250. The third kappa shape index (κ3) is 2.34. The Kier molecular flexibility index (Phi) is 2.81. The number of aryl methyl sites for hydroxylation is 2. The van der Waals surface area contributed by atoms with Crippen LogP contribution in [0.1, 0.15) is 17.0 Å². The van der Waals surface area contributed by atoms with E-state index in [0.29, 0.717) is 6.54 Å². The van der Waals surface area contributed by atoms with Gasteiger partial charge >= 0.3 is 0 Å². The minimum Gasteiger partial charge on any atom is -0.397 e. The standard InChI is InChI=1S/C12H15N3O/c1-8-3-4-11(13)12(5-8)14-7-10-6-9(2)15-16-10/h3-6,14H,7,13H2,1-2H3. The average molecular weight is 217 g/mol. The second-order valence-corrected chi connectivity index (χ2v) is 3.88. The van der Waals surface area contributed by atoms with Crippen molar-refractivity contribution in [2.24, 2.45) is 0 Å². The molecule has 0 fully saturated rings. The van der Waals surface area contributed by atoms with Crippen molar-refractivity contribution in [1.29, 1.82) is 0 Å². The Morgan fingerprint density at radius 1 is 1.31 bits per heavy atom. The van der Waals surface area contributed by atoms with Crippen molar-refractivity contribution < 1.29 is 4.52 Å². The normalized spacial score (nSPS) is 10.4. The number of nitrogens with two attached hydrogens (primary N) is 1. The summed E-state index contributed by atoms with van der Waals surface area (Å²) in [5.41, 5.74) is 9.57. The summed E-state index contributed by atoms with van der Waals surface area (Å²) >= 11 is 0. The Labute approximate surface area is 94.4 Å². The van der Waals surface area contributed by atoms with Crippen LogP contribution in [0.2, 0.25) is 0 Å². The second kappa shape index (κ2) is 4.26. The van der Waals surface area contributed by atoms with Gasteiger partial charge in [0.05, 0.1) is 23.6 Å². The summed E-state index contributed by atoms with van der Waals surface area (Å²) in [6, 6.07) is 7.79. The van der Waals surface area contributed by atoms with E-state index in [1.807, 2.05) is 38.1 Å². The smallest absolute Gasteiger partial charge is 0.156 e.